The Bertz CT molecular complexity index is 1220. The van der Waals surface area contributed by atoms with Crippen molar-refractivity contribution in [1.82, 2.24) is 14.4 Å². The molecular weight excluding hydrogens is 561 g/mol. The maximum absolute atomic E-state index is 13.9. The van der Waals surface area contributed by atoms with E-state index in [1.165, 1.54) is 35.1 Å². The van der Waals surface area contributed by atoms with Gasteiger partial charge in [0.15, 0.2) is 0 Å². The van der Waals surface area contributed by atoms with Gasteiger partial charge in [-0.3, -0.25) is 9.59 Å². The second-order valence-electron chi connectivity index (χ2n) is 10.2. The van der Waals surface area contributed by atoms with Crippen LogP contribution in [0.3, 0.4) is 0 Å². The summed E-state index contributed by atoms with van der Waals surface area (Å²) in [6, 6.07) is 18.1. The fourth-order valence-electron chi connectivity index (χ4n) is 5.23. The number of carbonyl (C=O) groups is 2. The first-order valence-corrected chi connectivity index (χ1v) is 14.5. The number of ether oxygens (including phenoxy) is 1. The number of amides is 2. The molecule has 1 aliphatic rings. The first kappa shape index (κ1) is 29.0. The van der Waals surface area contributed by atoms with E-state index in [0.29, 0.717) is 32.7 Å². The van der Waals surface area contributed by atoms with Crippen molar-refractivity contribution in [3.63, 3.8) is 0 Å². The summed E-state index contributed by atoms with van der Waals surface area (Å²) in [7, 11) is 1.61. The minimum absolute atomic E-state index is 0.0526. The number of halogens is 2. The topological polar surface area (TPSA) is 54.8 Å². The van der Waals surface area contributed by atoms with Crippen LogP contribution in [0, 0.1) is 5.82 Å². The van der Waals surface area contributed by atoms with Crippen molar-refractivity contribution >= 4 is 27.7 Å². The summed E-state index contributed by atoms with van der Waals surface area (Å²) < 4.78 is 22.3. The fraction of sp³-hybridized carbons (Fsp3) is 0.419. The molecule has 2 aromatic carbocycles. The van der Waals surface area contributed by atoms with Crippen LogP contribution in [0.15, 0.2) is 71.3 Å². The van der Waals surface area contributed by atoms with Crippen molar-refractivity contribution in [3.05, 3.63) is 94.0 Å². The molecule has 1 aromatic heterocycles. The Morgan fingerprint density at radius 1 is 1.05 bits per heavy atom. The Kier molecular flexibility index (Phi) is 10.7. The lowest BCUT2D eigenvalue weighted by Crippen LogP contribution is -2.48. The SMILES string of the molecule is COCCCN(CC(=O)N(Cc1cccn1Cc1ccc(Br)cc1)C1CCCCC1)C(=O)c1cccc(F)c1. The smallest absolute Gasteiger partial charge is 0.254 e. The van der Waals surface area contributed by atoms with Crippen molar-refractivity contribution < 1.29 is 18.7 Å². The number of rotatable bonds is 12. The van der Waals surface area contributed by atoms with Crippen molar-refractivity contribution in [1.29, 1.82) is 0 Å². The van der Waals surface area contributed by atoms with Gasteiger partial charge in [0.05, 0.1) is 6.54 Å². The zero-order valence-electron chi connectivity index (χ0n) is 22.5. The van der Waals surface area contributed by atoms with E-state index in [9.17, 15) is 14.0 Å². The summed E-state index contributed by atoms with van der Waals surface area (Å²) in [6.07, 6.45) is 7.92. The van der Waals surface area contributed by atoms with Crippen molar-refractivity contribution in [2.45, 2.75) is 57.7 Å². The van der Waals surface area contributed by atoms with Gasteiger partial charge in [0.1, 0.15) is 12.4 Å². The number of hydrogen-bond acceptors (Lipinski definition) is 3. The second kappa shape index (κ2) is 14.4. The minimum atomic E-state index is -0.473. The summed E-state index contributed by atoms with van der Waals surface area (Å²) in [5.41, 5.74) is 2.48. The number of hydrogen-bond donors (Lipinski definition) is 0. The Hall–Kier alpha value is -2.97. The zero-order valence-corrected chi connectivity index (χ0v) is 24.1. The lowest BCUT2D eigenvalue weighted by molar-refractivity contribution is -0.135. The van der Waals surface area contributed by atoms with Crippen LogP contribution in [-0.4, -0.2) is 59.0 Å². The molecule has 0 spiro atoms. The van der Waals surface area contributed by atoms with Crippen molar-refractivity contribution in [2.75, 3.05) is 26.8 Å². The molecule has 0 unspecified atom stereocenters. The molecule has 0 bridgehead atoms. The van der Waals surface area contributed by atoms with E-state index in [2.05, 4.69) is 38.7 Å². The van der Waals surface area contributed by atoms with Gasteiger partial charge in [-0.15, -0.1) is 0 Å². The lowest BCUT2D eigenvalue weighted by atomic mass is 9.94. The van der Waals surface area contributed by atoms with Gasteiger partial charge in [-0.2, -0.15) is 0 Å². The third-order valence-electron chi connectivity index (χ3n) is 7.32. The maximum atomic E-state index is 13.9. The van der Waals surface area contributed by atoms with Gasteiger partial charge in [0, 0.05) is 54.8 Å². The Balaban J connectivity index is 1.54. The van der Waals surface area contributed by atoms with E-state index in [0.717, 1.165) is 35.8 Å². The summed E-state index contributed by atoms with van der Waals surface area (Å²) in [5, 5.41) is 0. The van der Waals surface area contributed by atoms with Crippen molar-refractivity contribution in [3.8, 4) is 0 Å². The van der Waals surface area contributed by atoms with Crippen LogP contribution < -0.4 is 0 Å². The molecule has 0 radical (unpaired) electrons. The summed E-state index contributed by atoms with van der Waals surface area (Å²) in [6.45, 7) is 1.96. The van der Waals surface area contributed by atoms with Gasteiger partial charge in [0.25, 0.3) is 5.91 Å². The predicted molar refractivity (Wildman–Crippen MR) is 154 cm³/mol. The number of benzene rings is 2. The molecule has 39 heavy (non-hydrogen) atoms. The molecular formula is C31H37BrFN3O3. The Morgan fingerprint density at radius 3 is 2.54 bits per heavy atom. The molecule has 8 heteroatoms. The first-order valence-electron chi connectivity index (χ1n) is 13.7. The van der Waals surface area contributed by atoms with Gasteiger partial charge in [-0.05, 0) is 67.3 Å². The summed E-state index contributed by atoms with van der Waals surface area (Å²) in [5.74, 6) is -0.902. The van der Waals surface area contributed by atoms with Gasteiger partial charge in [-0.1, -0.05) is 53.4 Å². The molecule has 0 saturated heterocycles. The highest BCUT2D eigenvalue weighted by atomic mass is 79.9. The highest BCUT2D eigenvalue weighted by Crippen LogP contribution is 2.25. The van der Waals surface area contributed by atoms with Crippen molar-refractivity contribution in [2.24, 2.45) is 0 Å². The van der Waals surface area contributed by atoms with Crippen LogP contribution in [0.4, 0.5) is 4.39 Å². The highest BCUT2D eigenvalue weighted by Gasteiger charge is 2.29. The van der Waals surface area contributed by atoms with Crippen LogP contribution in [0.25, 0.3) is 0 Å². The third-order valence-corrected chi connectivity index (χ3v) is 7.85. The van der Waals surface area contributed by atoms with E-state index in [1.54, 1.807) is 13.2 Å². The third kappa shape index (κ3) is 8.26. The summed E-state index contributed by atoms with van der Waals surface area (Å²) >= 11 is 3.49. The molecule has 3 aromatic rings. The van der Waals surface area contributed by atoms with Crippen LogP contribution in [-0.2, 0) is 22.6 Å². The van der Waals surface area contributed by atoms with E-state index in [-0.39, 0.29) is 30.0 Å². The molecule has 1 heterocycles. The molecule has 208 valence electrons. The van der Waals surface area contributed by atoms with Crippen LogP contribution in [0.2, 0.25) is 0 Å². The average Bonchev–Trinajstić information content (AvgIpc) is 3.39. The highest BCUT2D eigenvalue weighted by molar-refractivity contribution is 9.10. The average molecular weight is 599 g/mol. The predicted octanol–water partition coefficient (Wildman–Crippen LogP) is 6.28. The van der Waals surface area contributed by atoms with Crippen LogP contribution >= 0.6 is 15.9 Å². The van der Waals surface area contributed by atoms with Gasteiger partial charge in [-0.25, -0.2) is 4.39 Å². The largest absolute Gasteiger partial charge is 0.385 e. The van der Waals surface area contributed by atoms with E-state index in [4.69, 9.17) is 4.74 Å². The zero-order chi connectivity index (χ0) is 27.6. The molecule has 0 aliphatic heterocycles. The summed E-state index contributed by atoms with van der Waals surface area (Å²) in [4.78, 5) is 30.8. The number of nitrogens with zero attached hydrogens (tertiary/aromatic N) is 3. The number of carbonyl (C=O) groups excluding carboxylic acids is 2. The van der Waals surface area contributed by atoms with Gasteiger partial charge >= 0.3 is 0 Å². The Labute approximate surface area is 238 Å². The number of aromatic nitrogens is 1. The molecule has 2 amide bonds. The second-order valence-corrected chi connectivity index (χ2v) is 11.1. The number of methoxy groups -OCH3 is 1. The van der Waals surface area contributed by atoms with Crippen LogP contribution in [0.5, 0.6) is 0 Å². The maximum Gasteiger partial charge on any atom is 0.254 e. The van der Waals surface area contributed by atoms with Gasteiger partial charge in [0.2, 0.25) is 5.91 Å². The normalized spacial score (nSPS) is 13.8. The molecule has 1 saturated carbocycles. The molecule has 1 fully saturated rings. The Morgan fingerprint density at radius 2 is 1.82 bits per heavy atom. The first-order chi connectivity index (χ1) is 18.9. The van der Waals surface area contributed by atoms with E-state index >= 15 is 0 Å². The van der Waals surface area contributed by atoms with E-state index < -0.39 is 5.82 Å². The van der Waals surface area contributed by atoms with Crippen LogP contribution in [0.1, 0.15) is 60.1 Å². The molecule has 6 nitrogen and oxygen atoms in total. The van der Waals surface area contributed by atoms with E-state index in [1.807, 2.05) is 29.3 Å². The quantitative estimate of drug-likeness (QED) is 0.231. The molecule has 4 rings (SSSR count). The lowest BCUT2D eigenvalue weighted by Gasteiger charge is -2.36. The molecule has 1 aliphatic carbocycles. The van der Waals surface area contributed by atoms with Gasteiger partial charge < -0.3 is 19.1 Å². The molecule has 0 N–H and O–H groups in total. The minimum Gasteiger partial charge on any atom is -0.385 e. The monoisotopic (exact) mass is 597 g/mol. The fourth-order valence-corrected chi connectivity index (χ4v) is 5.50. The standard InChI is InChI=1S/C31H37BrFN3O3/c1-39-19-7-18-35(31(38)25-8-5-9-27(33)20-25)23-30(37)36(28-10-3-2-4-11-28)22-29-12-6-17-34(29)21-24-13-15-26(32)16-14-24/h5-6,8-9,12-17,20,28H,2-4,7,10-11,18-19,21-23H2,1H3. The molecule has 0 atom stereocenters.